The van der Waals surface area contributed by atoms with E-state index in [0.717, 1.165) is 0 Å². The van der Waals surface area contributed by atoms with Crippen LogP contribution < -0.4 is 10.6 Å². The van der Waals surface area contributed by atoms with Gasteiger partial charge in [-0.05, 0) is 50.6 Å². The molecular weight excluding hydrogens is 375 g/mol. The topological polar surface area (TPSA) is 76.1 Å². The number of halogens is 3. The molecule has 1 amide bonds. The Morgan fingerprint density at radius 3 is 2.54 bits per heavy atom. The highest BCUT2D eigenvalue weighted by molar-refractivity contribution is 6.34. The number of carbonyl (C=O) groups is 1. The average molecular weight is 390 g/mol. The first-order valence-electron chi connectivity index (χ1n) is 6.89. The van der Waals surface area contributed by atoms with Gasteiger partial charge in [-0.15, -0.1) is 0 Å². The van der Waals surface area contributed by atoms with Crippen molar-refractivity contribution < 1.29 is 9.53 Å². The summed E-state index contributed by atoms with van der Waals surface area (Å²) in [5.74, 6) is 0.335. The zero-order chi connectivity index (χ0) is 17.9. The minimum Gasteiger partial charge on any atom is -0.444 e. The molecular formula is C15H15Cl3N4O2. The van der Waals surface area contributed by atoms with Gasteiger partial charge in [0.05, 0.1) is 16.9 Å². The first-order valence-corrected chi connectivity index (χ1v) is 8.02. The van der Waals surface area contributed by atoms with Gasteiger partial charge in [0, 0.05) is 5.69 Å². The lowest BCUT2D eigenvalue weighted by molar-refractivity contribution is 0.0636. The highest BCUT2D eigenvalue weighted by Crippen LogP contribution is 2.29. The van der Waals surface area contributed by atoms with Gasteiger partial charge in [0.25, 0.3) is 0 Å². The molecule has 24 heavy (non-hydrogen) atoms. The Balaban J connectivity index is 2.19. The van der Waals surface area contributed by atoms with Crippen LogP contribution in [-0.2, 0) is 4.74 Å². The molecule has 6 nitrogen and oxygen atoms in total. The summed E-state index contributed by atoms with van der Waals surface area (Å²) in [4.78, 5) is 19.6. The molecule has 0 saturated heterocycles. The van der Waals surface area contributed by atoms with Crippen LogP contribution in [0.1, 0.15) is 20.8 Å². The van der Waals surface area contributed by atoms with E-state index < -0.39 is 11.7 Å². The fourth-order valence-electron chi connectivity index (χ4n) is 1.68. The van der Waals surface area contributed by atoms with Gasteiger partial charge in [-0.25, -0.2) is 9.78 Å². The number of ether oxygens (including phenoxy) is 1. The summed E-state index contributed by atoms with van der Waals surface area (Å²) in [7, 11) is 0. The predicted molar refractivity (Wildman–Crippen MR) is 96.6 cm³/mol. The van der Waals surface area contributed by atoms with Crippen molar-refractivity contribution in [3.8, 4) is 0 Å². The van der Waals surface area contributed by atoms with Crippen LogP contribution in [0.3, 0.4) is 0 Å². The zero-order valence-electron chi connectivity index (χ0n) is 13.2. The second kappa shape index (κ2) is 7.42. The molecule has 1 aromatic heterocycles. The molecule has 128 valence electrons. The maximum Gasteiger partial charge on any atom is 0.412 e. The van der Waals surface area contributed by atoms with E-state index in [0.29, 0.717) is 27.2 Å². The minimum absolute atomic E-state index is 0.0583. The molecule has 0 fully saturated rings. The van der Waals surface area contributed by atoms with Crippen molar-refractivity contribution in [2.45, 2.75) is 26.4 Å². The molecule has 1 heterocycles. The third kappa shape index (κ3) is 5.40. The molecule has 0 atom stereocenters. The number of carbonyl (C=O) groups excluding carboxylic acids is 1. The lowest BCUT2D eigenvalue weighted by Crippen LogP contribution is -2.27. The summed E-state index contributed by atoms with van der Waals surface area (Å²) in [6.45, 7) is 5.31. The Hall–Kier alpha value is -1.76. The van der Waals surface area contributed by atoms with Crippen molar-refractivity contribution in [2.24, 2.45) is 0 Å². The van der Waals surface area contributed by atoms with Crippen molar-refractivity contribution in [3.05, 3.63) is 39.7 Å². The van der Waals surface area contributed by atoms with Crippen molar-refractivity contribution in [3.63, 3.8) is 0 Å². The van der Waals surface area contributed by atoms with Crippen LogP contribution in [0.15, 0.2) is 24.4 Å². The van der Waals surface area contributed by atoms with E-state index in [1.54, 1.807) is 39.0 Å². The normalized spacial score (nSPS) is 11.1. The Bertz CT molecular complexity index is 763. The third-order valence-electron chi connectivity index (χ3n) is 2.58. The fourth-order valence-corrected chi connectivity index (χ4v) is 2.12. The summed E-state index contributed by atoms with van der Waals surface area (Å²) >= 11 is 17.9. The van der Waals surface area contributed by atoms with Crippen LogP contribution in [0.4, 0.5) is 22.0 Å². The largest absolute Gasteiger partial charge is 0.444 e. The number of rotatable bonds is 3. The van der Waals surface area contributed by atoms with Gasteiger partial charge in [-0.1, -0.05) is 23.2 Å². The second-order valence-electron chi connectivity index (χ2n) is 5.78. The zero-order valence-corrected chi connectivity index (χ0v) is 15.4. The number of nitrogens with zero attached hydrogens (tertiary/aromatic N) is 2. The molecule has 0 aliphatic heterocycles. The maximum absolute atomic E-state index is 11.9. The maximum atomic E-state index is 11.9. The Morgan fingerprint density at radius 1 is 1.17 bits per heavy atom. The monoisotopic (exact) mass is 388 g/mol. The Morgan fingerprint density at radius 2 is 1.88 bits per heavy atom. The molecule has 0 saturated carbocycles. The number of nitrogens with one attached hydrogen (secondary N) is 2. The van der Waals surface area contributed by atoms with Gasteiger partial charge in [0.2, 0.25) is 5.28 Å². The van der Waals surface area contributed by atoms with Gasteiger partial charge in [-0.2, -0.15) is 4.98 Å². The number of amides is 1. The molecule has 0 radical (unpaired) electrons. The van der Waals surface area contributed by atoms with Crippen molar-refractivity contribution in [1.82, 2.24) is 9.97 Å². The molecule has 0 spiro atoms. The van der Waals surface area contributed by atoms with Crippen LogP contribution in [-0.4, -0.2) is 21.7 Å². The van der Waals surface area contributed by atoms with E-state index in [-0.39, 0.29) is 5.28 Å². The van der Waals surface area contributed by atoms with E-state index in [1.165, 1.54) is 6.20 Å². The van der Waals surface area contributed by atoms with Crippen LogP contribution >= 0.6 is 34.8 Å². The molecule has 1 aromatic carbocycles. The first-order chi connectivity index (χ1) is 11.1. The van der Waals surface area contributed by atoms with Gasteiger partial charge < -0.3 is 10.1 Å². The standard InChI is InChI=1S/C15H15Cl3N4O2/c1-15(2,3)24-14(23)21-11-6-8(4-5-9(11)16)20-12-10(17)7-19-13(18)22-12/h4-7H,1-3H3,(H,21,23)(H,19,20,22). The Labute approximate surface area is 154 Å². The minimum atomic E-state index is -0.613. The van der Waals surface area contributed by atoms with Crippen LogP contribution in [0.25, 0.3) is 0 Å². The van der Waals surface area contributed by atoms with Gasteiger partial charge in [0.15, 0.2) is 5.82 Å². The van der Waals surface area contributed by atoms with E-state index in [2.05, 4.69) is 20.6 Å². The summed E-state index contributed by atoms with van der Waals surface area (Å²) in [5.41, 5.74) is 0.367. The summed E-state index contributed by atoms with van der Waals surface area (Å²) in [6, 6.07) is 4.95. The number of hydrogen-bond acceptors (Lipinski definition) is 5. The summed E-state index contributed by atoms with van der Waals surface area (Å²) in [5, 5.41) is 6.30. The number of aromatic nitrogens is 2. The van der Waals surface area contributed by atoms with Crippen molar-refractivity contribution in [1.29, 1.82) is 0 Å². The van der Waals surface area contributed by atoms with E-state index in [1.807, 2.05) is 0 Å². The quantitative estimate of drug-likeness (QED) is 0.675. The van der Waals surface area contributed by atoms with E-state index in [4.69, 9.17) is 39.5 Å². The highest BCUT2D eigenvalue weighted by Gasteiger charge is 2.17. The molecule has 2 rings (SSSR count). The summed E-state index contributed by atoms with van der Waals surface area (Å²) < 4.78 is 5.20. The molecule has 2 aromatic rings. The van der Waals surface area contributed by atoms with Crippen LogP contribution in [0, 0.1) is 0 Å². The second-order valence-corrected chi connectivity index (χ2v) is 6.93. The van der Waals surface area contributed by atoms with Crippen LogP contribution in [0.2, 0.25) is 15.3 Å². The van der Waals surface area contributed by atoms with Gasteiger partial charge >= 0.3 is 6.09 Å². The van der Waals surface area contributed by atoms with Gasteiger partial charge in [0.1, 0.15) is 10.6 Å². The summed E-state index contributed by atoms with van der Waals surface area (Å²) in [6.07, 6.45) is 0.777. The average Bonchev–Trinajstić information content (AvgIpc) is 2.44. The SMILES string of the molecule is CC(C)(C)OC(=O)Nc1cc(Nc2nc(Cl)ncc2Cl)ccc1Cl. The predicted octanol–water partition coefficient (Wildman–Crippen LogP) is 5.53. The molecule has 0 aliphatic rings. The third-order valence-corrected chi connectivity index (χ3v) is 3.37. The van der Waals surface area contributed by atoms with Gasteiger partial charge in [-0.3, -0.25) is 5.32 Å². The number of hydrogen-bond donors (Lipinski definition) is 2. The first kappa shape index (κ1) is 18.6. The van der Waals surface area contributed by atoms with Crippen LogP contribution in [0.5, 0.6) is 0 Å². The van der Waals surface area contributed by atoms with E-state index >= 15 is 0 Å². The van der Waals surface area contributed by atoms with E-state index in [9.17, 15) is 4.79 Å². The Kier molecular flexibility index (Phi) is 5.74. The molecule has 9 heteroatoms. The number of benzene rings is 1. The highest BCUT2D eigenvalue weighted by atomic mass is 35.5. The van der Waals surface area contributed by atoms with Crippen molar-refractivity contribution >= 4 is 58.1 Å². The fraction of sp³-hybridized carbons (Fsp3) is 0.267. The smallest absolute Gasteiger partial charge is 0.412 e. The number of anilines is 3. The molecule has 0 unspecified atom stereocenters. The van der Waals surface area contributed by atoms with Crippen molar-refractivity contribution in [2.75, 3.05) is 10.6 Å². The molecule has 0 aliphatic carbocycles. The molecule has 2 N–H and O–H groups in total. The lowest BCUT2D eigenvalue weighted by Gasteiger charge is -2.20. The molecule has 0 bridgehead atoms. The lowest BCUT2D eigenvalue weighted by atomic mass is 10.2.